The van der Waals surface area contributed by atoms with E-state index >= 15 is 0 Å². The van der Waals surface area contributed by atoms with Gasteiger partial charge < -0.3 is 15.2 Å². The van der Waals surface area contributed by atoms with Crippen molar-refractivity contribution in [1.29, 1.82) is 0 Å². The summed E-state index contributed by atoms with van der Waals surface area (Å²) >= 11 is 0. The SMILES string of the molecule is Cc1ccc(C(=O)NCCOCCO)cc1. The second-order valence-electron chi connectivity index (χ2n) is 3.46. The minimum Gasteiger partial charge on any atom is -0.394 e. The lowest BCUT2D eigenvalue weighted by molar-refractivity contribution is 0.0838. The highest BCUT2D eigenvalue weighted by Gasteiger charge is 2.03. The zero-order valence-corrected chi connectivity index (χ0v) is 9.40. The van der Waals surface area contributed by atoms with Crippen molar-refractivity contribution >= 4 is 5.91 Å². The molecule has 0 saturated carbocycles. The lowest BCUT2D eigenvalue weighted by Gasteiger charge is -2.05. The average molecular weight is 223 g/mol. The molecule has 1 aromatic rings. The molecule has 0 aliphatic heterocycles. The Balaban J connectivity index is 2.27. The lowest BCUT2D eigenvalue weighted by atomic mass is 10.1. The van der Waals surface area contributed by atoms with E-state index < -0.39 is 0 Å². The minimum atomic E-state index is -0.104. The second-order valence-corrected chi connectivity index (χ2v) is 3.46. The summed E-state index contributed by atoms with van der Waals surface area (Å²) < 4.78 is 5.02. The molecule has 88 valence electrons. The number of aliphatic hydroxyl groups excluding tert-OH is 1. The summed E-state index contributed by atoms with van der Waals surface area (Å²) in [5, 5.41) is 11.2. The van der Waals surface area contributed by atoms with Crippen molar-refractivity contribution in [3.8, 4) is 0 Å². The van der Waals surface area contributed by atoms with Crippen molar-refractivity contribution in [2.45, 2.75) is 6.92 Å². The Morgan fingerprint density at radius 1 is 1.31 bits per heavy atom. The molecule has 0 fully saturated rings. The smallest absolute Gasteiger partial charge is 0.251 e. The molecule has 0 saturated heterocycles. The number of benzene rings is 1. The van der Waals surface area contributed by atoms with Crippen LogP contribution in [0.25, 0.3) is 0 Å². The van der Waals surface area contributed by atoms with Gasteiger partial charge in [0.15, 0.2) is 0 Å². The Hall–Kier alpha value is -1.39. The first kappa shape index (κ1) is 12.7. The zero-order valence-electron chi connectivity index (χ0n) is 9.40. The van der Waals surface area contributed by atoms with Gasteiger partial charge in [-0.15, -0.1) is 0 Å². The third-order valence-corrected chi connectivity index (χ3v) is 2.08. The number of aliphatic hydroxyl groups is 1. The number of hydrogen-bond donors (Lipinski definition) is 2. The number of hydrogen-bond acceptors (Lipinski definition) is 3. The van der Waals surface area contributed by atoms with E-state index in [-0.39, 0.29) is 12.5 Å². The van der Waals surface area contributed by atoms with Gasteiger partial charge in [-0.05, 0) is 19.1 Å². The first-order chi connectivity index (χ1) is 7.74. The molecule has 0 spiro atoms. The van der Waals surface area contributed by atoms with Gasteiger partial charge in [0.25, 0.3) is 5.91 Å². The fraction of sp³-hybridized carbons (Fsp3) is 0.417. The van der Waals surface area contributed by atoms with Crippen LogP contribution >= 0.6 is 0 Å². The first-order valence-electron chi connectivity index (χ1n) is 5.27. The fourth-order valence-electron chi connectivity index (χ4n) is 1.21. The maximum atomic E-state index is 11.6. The molecule has 0 aliphatic rings. The summed E-state index contributed by atoms with van der Waals surface area (Å²) in [7, 11) is 0. The molecular weight excluding hydrogens is 206 g/mol. The van der Waals surface area contributed by atoms with Crippen LogP contribution in [0.2, 0.25) is 0 Å². The highest BCUT2D eigenvalue weighted by molar-refractivity contribution is 5.94. The topological polar surface area (TPSA) is 58.6 Å². The van der Waals surface area contributed by atoms with Crippen LogP contribution in [0.1, 0.15) is 15.9 Å². The van der Waals surface area contributed by atoms with Crippen LogP contribution in [0.5, 0.6) is 0 Å². The van der Waals surface area contributed by atoms with E-state index in [9.17, 15) is 4.79 Å². The maximum Gasteiger partial charge on any atom is 0.251 e. The van der Waals surface area contributed by atoms with Crippen LogP contribution in [-0.2, 0) is 4.74 Å². The van der Waals surface area contributed by atoms with E-state index in [1.54, 1.807) is 12.1 Å². The lowest BCUT2D eigenvalue weighted by Crippen LogP contribution is -2.27. The van der Waals surface area contributed by atoms with Crippen molar-refractivity contribution in [1.82, 2.24) is 5.32 Å². The van der Waals surface area contributed by atoms with Gasteiger partial charge in [-0.1, -0.05) is 17.7 Å². The number of carbonyl (C=O) groups is 1. The van der Waals surface area contributed by atoms with Crippen LogP contribution in [0.4, 0.5) is 0 Å². The van der Waals surface area contributed by atoms with E-state index in [4.69, 9.17) is 9.84 Å². The van der Waals surface area contributed by atoms with Gasteiger partial charge in [0.1, 0.15) is 0 Å². The normalized spacial score (nSPS) is 10.1. The number of aryl methyl sites for hydroxylation is 1. The predicted octanol–water partition coefficient (Wildman–Crippen LogP) is 0.734. The molecular formula is C12H17NO3. The summed E-state index contributed by atoms with van der Waals surface area (Å²) in [6.45, 7) is 3.15. The number of ether oxygens (including phenoxy) is 1. The second kappa shape index (κ2) is 6.98. The van der Waals surface area contributed by atoms with E-state index in [1.165, 1.54) is 0 Å². The van der Waals surface area contributed by atoms with Crippen molar-refractivity contribution in [2.75, 3.05) is 26.4 Å². The summed E-state index contributed by atoms with van der Waals surface area (Å²) in [4.78, 5) is 11.6. The van der Waals surface area contributed by atoms with E-state index in [0.717, 1.165) is 5.56 Å². The van der Waals surface area contributed by atoms with Gasteiger partial charge >= 0.3 is 0 Å². The van der Waals surface area contributed by atoms with E-state index in [1.807, 2.05) is 19.1 Å². The van der Waals surface area contributed by atoms with Crippen LogP contribution in [0.15, 0.2) is 24.3 Å². The Kier molecular flexibility index (Phi) is 5.53. The van der Waals surface area contributed by atoms with Gasteiger partial charge in [-0.25, -0.2) is 0 Å². The van der Waals surface area contributed by atoms with Crippen molar-refractivity contribution in [3.05, 3.63) is 35.4 Å². The number of amides is 1. The third-order valence-electron chi connectivity index (χ3n) is 2.08. The van der Waals surface area contributed by atoms with Gasteiger partial charge in [-0.2, -0.15) is 0 Å². The molecule has 4 nitrogen and oxygen atoms in total. The summed E-state index contributed by atoms with van der Waals surface area (Å²) in [5.41, 5.74) is 1.77. The molecule has 4 heteroatoms. The fourth-order valence-corrected chi connectivity index (χ4v) is 1.21. The molecule has 1 amide bonds. The van der Waals surface area contributed by atoms with Crippen LogP contribution in [0, 0.1) is 6.92 Å². The molecule has 0 bridgehead atoms. The molecule has 1 aromatic carbocycles. The summed E-state index contributed by atoms with van der Waals surface area (Å²) in [5.74, 6) is -0.104. The molecule has 0 aromatic heterocycles. The van der Waals surface area contributed by atoms with Gasteiger partial charge in [0.05, 0.1) is 19.8 Å². The number of carbonyl (C=O) groups excluding carboxylic acids is 1. The Bertz CT molecular complexity index is 322. The molecule has 0 heterocycles. The first-order valence-corrected chi connectivity index (χ1v) is 5.27. The molecule has 0 aliphatic carbocycles. The quantitative estimate of drug-likeness (QED) is 0.699. The molecule has 1 rings (SSSR count). The monoisotopic (exact) mass is 223 g/mol. The van der Waals surface area contributed by atoms with Gasteiger partial charge in [0, 0.05) is 12.1 Å². The van der Waals surface area contributed by atoms with Crippen molar-refractivity contribution in [3.63, 3.8) is 0 Å². The molecule has 0 atom stereocenters. The largest absolute Gasteiger partial charge is 0.394 e. The molecule has 2 N–H and O–H groups in total. The standard InChI is InChI=1S/C12H17NO3/c1-10-2-4-11(5-3-10)12(15)13-6-8-16-9-7-14/h2-5,14H,6-9H2,1H3,(H,13,15). The average Bonchev–Trinajstić information content (AvgIpc) is 2.29. The van der Waals surface area contributed by atoms with Crippen LogP contribution in [0.3, 0.4) is 0 Å². The van der Waals surface area contributed by atoms with Crippen molar-refractivity contribution in [2.24, 2.45) is 0 Å². The Morgan fingerprint density at radius 2 is 2.00 bits per heavy atom. The Morgan fingerprint density at radius 3 is 2.62 bits per heavy atom. The zero-order chi connectivity index (χ0) is 11.8. The van der Waals surface area contributed by atoms with Crippen LogP contribution < -0.4 is 5.32 Å². The highest BCUT2D eigenvalue weighted by atomic mass is 16.5. The molecule has 0 unspecified atom stereocenters. The minimum absolute atomic E-state index is 0.00586. The van der Waals surface area contributed by atoms with E-state index in [0.29, 0.717) is 25.3 Å². The highest BCUT2D eigenvalue weighted by Crippen LogP contribution is 2.02. The number of rotatable bonds is 6. The van der Waals surface area contributed by atoms with Crippen LogP contribution in [-0.4, -0.2) is 37.4 Å². The predicted molar refractivity (Wildman–Crippen MR) is 61.4 cm³/mol. The molecule has 16 heavy (non-hydrogen) atoms. The Labute approximate surface area is 95.2 Å². The summed E-state index contributed by atoms with van der Waals surface area (Å²) in [6, 6.07) is 7.38. The number of nitrogens with one attached hydrogen (secondary N) is 1. The van der Waals surface area contributed by atoms with Gasteiger partial charge in [0.2, 0.25) is 0 Å². The summed E-state index contributed by atoms with van der Waals surface area (Å²) in [6.07, 6.45) is 0. The third kappa shape index (κ3) is 4.42. The molecule has 0 radical (unpaired) electrons. The van der Waals surface area contributed by atoms with E-state index in [2.05, 4.69) is 5.32 Å². The van der Waals surface area contributed by atoms with Gasteiger partial charge in [-0.3, -0.25) is 4.79 Å². The maximum absolute atomic E-state index is 11.6. The van der Waals surface area contributed by atoms with Crippen molar-refractivity contribution < 1.29 is 14.6 Å².